The fourth-order valence-electron chi connectivity index (χ4n) is 1.30. The third-order valence-electron chi connectivity index (χ3n) is 2.21. The summed E-state index contributed by atoms with van der Waals surface area (Å²) >= 11 is 8.78. The standard InChI is InChI=1S/C11H7BrClFN2O2S/c12-8-2-1-7(5-10(8)14)19(17,18)16-11-6-15-4-3-9(11)13/h1-6,16H. The summed E-state index contributed by atoms with van der Waals surface area (Å²) in [5.41, 5.74) is 0.132. The highest BCUT2D eigenvalue weighted by atomic mass is 79.9. The van der Waals surface area contributed by atoms with Gasteiger partial charge in [0, 0.05) is 6.20 Å². The van der Waals surface area contributed by atoms with Gasteiger partial charge in [0.1, 0.15) is 5.82 Å². The lowest BCUT2D eigenvalue weighted by molar-refractivity contribution is 0.593. The maximum absolute atomic E-state index is 13.4. The maximum atomic E-state index is 13.4. The first kappa shape index (κ1) is 14.2. The first-order chi connectivity index (χ1) is 8.90. The Morgan fingerprint density at radius 2 is 2.05 bits per heavy atom. The van der Waals surface area contributed by atoms with Crippen LogP contribution in [0.1, 0.15) is 0 Å². The van der Waals surface area contributed by atoms with Crippen LogP contribution in [0.3, 0.4) is 0 Å². The monoisotopic (exact) mass is 364 g/mol. The second-order valence-corrected chi connectivity index (χ2v) is 6.48. The Kier molecular flexibility index (Phi) is 4.07. The van der Waals surface area contributed by atoms with Gasteiger partial charge in [0.25, 0.3) is 10.0 Å². The third kappa shape index (κ3) is 3.23. The summed E-state index contributed by atoms with van der Waals surface area (Å²) in [4.78, 5) is 3.56. The topological polar surface area (TPSA) is 59.1 Å². The van der Waals surface area contributed by atoms with E-state index in [1.54, 1.807) is 0 Å². The molecule has 0 aliphatic rings. The van der Waals surface area contributed by atoms with Gasteiger partial charge in [0.05, 0.1) is 26.3 Å². The number of sulfonamides is 1. The van der Waals surface area contributed by atoms with Crippen LogP contribution in [-0.2, 0) is 10.0 Å². The van der Waals surface area contributed by atoms with E-state index in [0.717, 1.165) is 6.07 Å². The fourth-order valence-corrected chi connectivity index (χ4v) is 2.83. The van der Waals surface area contributed by atoms with Gasteiger partial charge >= 0.3 is 0 Å². The molecule has 0 atom stereocenters. The molecule has 2 aromatic rings. The van der Waals surface area contributed by atoms with Crippen molar-refractivity contribution in [1.82, 2.24) is 4.98 Å². The Morgan fingerprint density at radius 1 is 1.32 bits per heavy atom. The zero-order chi connectivity index (χ0) is 14.0. The molecule has 0 spiro atoms. The number of pyridine rings is 1. The van der Waals surface area contributed by atoms with Gasteiger partial charge in [-0.3, -0.25) is 9.71 Å². The Labute approximate surface area is 122 Å². The van der Waals surface area contributed by atoms with Gasteiger partial charge in [-0.05, 0) is 40.2 Å². The summed E-state index contributed by atoms with van der Waals surface area (Å²) in [7, 11) is -3.91. The lowest BCUT2D eigenvalue weighted by atomic mass is 10.3. The lowest BCUT2D eigenvalue weighted by Crippen LogP contribution is -2.13. The van der Waals surface area contributed by atoms with E-state index in [0.29, 0.717) is 0 Å². The summed E-state index contributed by atoms with van der Waals surface area (Å²) < 4.78 is 39.9. The van der Waals surface area contributed by atoms with Crippen molar-refractivity contribution in [2.45, 2.75) is 4.90 Å². The van der Waals surface area contributed by atoms with Crippen LogP contribution in [0.25, 0.3) is 0 Å². The van der Waals surface area contributed by atoms with E-state index in [-0.39, 0.29) is 20.1 Å². The van der Waals surface area contributed by atoms with Crippen molar-refractivity contribution in [3.05, 3.63) is 52.0 Å². The molecule has 2 rings (SSSR count). The Balaban J connectivity index is 2.38. The van der Waals surface area contributed by atoms with Gasteiger partial charge in [-0.25, -0.2) is 12.8 Å². The molecule has 1 heterocycles. The SMILES string of the molecule is O=S(=O)(Nc1cnccc1Cl)c1ccc(Br)c(F)c1. The Hall–Kier alpha value is -1.18. The second-order valence-electron chi connectivity index (χ2n) is 3.54. The quantitative estimate of drug-likeness (QED) is 0.906. The van der Waals surface area contributed by atoms with Crippen LogP contribution in [0, 0.1) is 5.82 Å². The van der Waals surface area contributed by atoms with Crippen LogP contribution < -0.4 is 4.72 Å². The van der Waals surface area contributed by atoms with Gasteiger partial charge in [-0.1, -0.05) is 11.6 Å². The minimum absolute atomic E-state index is 0.132. The van der Waals surface area contributed by atoms with Crippen LogP contribution in [0.15, 0.2) is 46.0 Å². The molecule has 1 N–H and O–H groups in total. The van der Waals surface area contributed by atoms with Crippen LogP contribution in [0.4, 0.5) is 10.1 Å². The number of aromatic nitrogens is 1. The number of benzene rings is 1. The Bertz CT molecular complexity index is 724. The van der Waals surface area contributed by atoms with E-state index in [1.807, 2.05) is 0 Å². The number of nitrogens with one attached hydrogen (secondary N) is 1. The molecule has 4 nitrogen and oxygen atoms in total. The van der Waals surface area contributed by atoms with E-state index in [9.17, 15) is 12.8 Å². The molecule has 0 aliphatic carbocycles. The molecule has 0 saturated carbocycles. The fraction of sp³-hybridized carbons (Fsp3) is 0. The molecule has 0 bridgehead atoms. The normalized spacial score (nSPS) is 11.3. The zero-order valence-electron chi connectivity index (χ0n) is 9.27. The molecule has 0 aliphatic heterocycles. The molecule has 1 aromatic carbocycles. The summed E-state index contributed by atoms with van der Waals surface area (Å²) in [6, 6.07) is 4.95. The van der Waals surface area contributed by atoms with Crippen LogP contribution in [0.2, 0.25) is 5.02 Å². The number of anilines is 1. The van der Waals surface area contributed by atoms with E-state index in [2.05, 4.69) is 25.6 Å². The van der Waals surface area contributed by atoms with Gasteiger partial charge in [0.2, 0.25) is 0 Å². The molecule has 8 heteroatoms. The number of nitrogens with zero attached hydrogens (tertiary/aromatic N) is 1. The minimum atomic E-state index is -3.91. The van der Waals surface area contributed by atoms with Crippen LogP contribution in [-0.4, -0.2) is 13.4 Å². The van der Waals surface area contributed by atoms with Crippen molar-refractivity contribution in [3.8, 4) is 0 Å². The number of hydrogen-bond acceptors (Lipinski definition) is 3. The van der Waals surface area contributed by atoms with Crippen molar-refractivity contribution in [2.75, 3.05) is 4.72 Å². The smallest absolute Gasteiger partial charge is 0.262 e. The predicted octanol–water partition coefficient (Wildman–Crippen LogP) is 3.44. The van der Waals surface area contributed by atoms with E-state index in [1.165, 1.54) is 30.6 Å². The molecule has 0 radical (unpaired) electrons. The van der Waals surface area contributed by atoms with Gasteiger partial charge in [-0.2, -0.15) is 0 Å². The van der Waals surface area contributed by atoms with Crippen molar-refractivity contribution in [2.24, 2.45) is 0 Å². The molecule has 0 amide bonds. The highest BCUT2D eigenvalue weighted by molar-refractivity contribution is 9.10. The number of hydrogen-bond donors (Lipinski definition) is 1. The van der Waals surface area contributed by atoms with E-state index < -0.39 is 15.8 Å². The summed E-state index contributed by atoms with van der Waals surface area (Å²) in [5.74, 6) is -0.667. The summed E-state index contributed by atoms with van der Waals surface area (Å²) in [5, 5.41) is 0.205. The van der Waals surface area contributed by atoms with Crippen LogP contribution >= 0.6 is 27.5 Å². The molecule has 100 valence electrons. The summed E-state index contributed by atoms with van der Waals surface area (Å²) in [6.07, 6.45) is 2.70. The molecule has 0 saturated heterocycles. The molecule has 1 aromatic heterocycles. The van der Waals surface area contributed by atoms with Crippen molar-refractivity contribution < 1.29 is 12.8 Å². The second kappa shape index (κ2) is 5.44. The van der Waals surface area contributed by atoms with E-state index >= 15 is 0 Å². The molecular weight excluding hydrogens is 359 g/mol. The first-order valence-corrected chi connectivity index (χ1v) is 7.63. The molecule has 0 unspecified atom stereocenters. The molecule has 19 heavy (non-hydrogen) atoms. The van der Waals surface area contributed by atoms with Gasteiger partial charge in [0.15, 0.2) is 0 Å². The maximum Gasteiger partial charge on any atom is 0.262 e. The number of rotatable bonds is 3. The van der Waals surface area contributed by atoms with Gasteiger partial charge < -0.3 is 0 Å². The molecular formula is C11H7BrClFN2O2S. The van der Waals surface area contributed by atoms with E-state index in [4.69, 9.17) is 11.6 Å². The van der Waals surface area contributed by atoms with Gasteiger partial charge in [-0.15, -0.1) is 0 Å². The van der Waals surface area contributed by atoms with Crippen molar-refractivity contribution in [3.63, 3.8) is 0 Å². The highest BCUT2D eigenvalue weighted by Crippen LogP contribution is 2.24. The highest BCUT2D eigenvalue weighted by Gasteiger charge is 2.17. The zero-order valence-corrected chi connectivity index (χ0v) is 12.4. The lowest BCUT2D eigenvalue weighted by Gasteiger charge is -2.09. The average molecular weight is 366 g/mol. The van der Waals surface area contributed by atoms with Crippen molar-refractivity contribution >= 4 is 43.2 Å². The minimum Gasteiger partial charge on any atom is -0.277 e. The third-order valence-corrected chi connectivity index (χ3v) is 4.55. The Morgan fingerprint density at radius 3 is 2.68 bits per heavy atom. The van der Waals surface area contributed by atoms with Crippen molar-refractivity contribution in [1.29, 1.82) is 0 Å². The van der Waals surface area contributed by atoms with Crippen LogP contribution in [0.5, 0.6) is 0 Å². The average Bonchev–Trinajstić information content (AvgIpc) is 2.35. The predicted molar refractivity (Wildman–Crippen MR) is 74.2 cm³/mol. The summed E-state index contributed by atoms with van der Waals surface area (Å²) in [6.45, 7) is 0. The largest absolute Gasteiger partial charge is 0.277 e. The molecule has 0 fully saturated rings. The number of halogens is 3. The first-order valence-electron chi connectivity index (χ1n) is 4.97.